The van der Waals surface area contributed by atoms with E-state index in [2.05, 4.69) is 240 Å². The Morgan fingerprint density at radius 3 is 1.57 bits per heavy atom. The molecule has 0 aliphatic heterocycles. The standard InChI is InChI=1S/C56H38N2/c1-3-15-39(16-4-1)40-27-32-44(33-28-40)57(52-25-13-11-20-47(52)41-17-5-2-6-18-41)45-34-29-43(30-35-45)46-36-38-54(50-23-10-9-22-49(46)50)58-53-26-14-12-24-51(53)56-48-21-8-7-19-42(48)31-37-55(56)58/h1-38H. The molecule has 2 heteroatoms. The van der Waals surface area contributed by atoms with Crippen molar-refractivity contribution >= 4 is 60.4 Å². The molecule has 0 saturated carbocycles. The van der Waals surface area contributed by atoms with Gasteiger partial charge in [-0.2, -0.15) is 0 Å². The maximum Gasteiger partial charge on any atom is 0.0547 e. The molecule has 0 N–H and O–H groups in total. The number of anilines is 3. The maximum atomic E-state index is 2.46. The molecule has 0 atom stereocenters. The van der Waals surface area contributed by atoms with Gasteiger partial charge < -0.3 is 9.47 Å². The fourth-order valence-electron chi connectivity index (χ4n) is 8.91. The van der Waals surface area contributed by atoms with Crippen molar-refractivity contribution in [2.24, 2.45) is 0 Å². The first-order chi connectivity index (χ1) is 28.8. The molecule has 10 aromatic carbocycles. The summed E-state index contributed by atoms with van der Waals surface area (Å²) in [7, 11) is 0. The van der Waals surface area contributed by atoms with Gasteiger partial charge >= 0.3 is 0 Å². The van der Waals surface area contributed by atoms with Gasteiger partial charge in [0.15, 0.2) is 0 Å². The Morgan fingerprint density at radius 1 is 0.293 bits per heavy atom. The number of hydrogen-bond acceptors (Lipinski definition) is 1. The predicted molar refractivity (Wildman–Crippen MR) is 247 cm³/mol. The number of para-hydroxylation sites is 2. The van der Waals surface area contributed by atoms with E-state index in [1.807, 2.05) is 0 Å². The summed E-state index contributed by atoms with van der Waals surface area (Å²) >= 11 is 0. The van der Waals surface area contributed by atoms with Crippen LogP contribution in [0, 0.1) is 0 Å². The zero-order valence-corrected chi connectivity index (χ0v) is 31.8. The Hall–Kier alpha value is -7.68. The van der Waals surface area contributed by atoms with E-state index in [4.69, 9.17) is 0 Å². The minimum Gasteiger partial charge on any atom is -0.310 e. The van der Waals surface area contributed by atoms with Crippen molar-refractivity contribution in [2.75, 3.05) is 4.90 Å². The van der Waals surface area contributed by atoms with Crippen LogP contribution < -0.4 is 4.90 Å². The van der Waals surface area contributed by atoms with Gasteiger partial charge in [-0.3, -0.25) is 0 Å². The van der Waals surface area contributed by atoms with Crippen LogP contribution in [-0.4, -0.2) is 4.57 Å². The van der Waals surface area contributed by atoms with Crippen LogP contribution in [0.5, 0.6) is 0 Å². The van der Waals surface area contributed by atoms with E-state index in [-0.39, 0.29) is 0 Å². The quantitative estimate of drug-likeness (QED) is 0.158. The Bertz CT molecular complexity index is 3250. The lowest BCUT2D eigenvalue weighted by Crippen LogP contribution is -2.11. The summed E-state index contributed by atoms with van der Waals surface area (Å²) in [5.74, 6) is 0. The monoisotopic (exact) mass is 738 g/mol. The summed E-state index contributed by atoms with van der Waals surface area (Å²) in [6, 6.07) is 83.5. The van der Waals surface area contributed by atoms with E-state index in [1.165, 1.54) is 82.4 Å². The molecule has 0 spiro atoms. The molecule has 272 valence electrons. The van der Waals surface area contributed by atoms with Crippen molar-refractivity contribution in [3.63, 3.8) is 0 Å². The summed E-state index contributed by atoms with van der Waals surface area (Å²) in [5, 5.41) is 7.55. The molecule has 2 nitrogen and oxygen atoms in total. The number of rotatable bonds is 7. The van der Waals surface area contributed by atoms with E-state index in [0.29, 0.717) is 0 Å². The molecule has 0 saturated heterocycles. The van der Waals surface area contributed by atoms with E-state index < -0.39 is 0 Å². The molecular formula is C56H38N2. The number of hydrogen-bond donors (Lipinski definition) is 0. The molecule has 0 radical (unpaired) electrons. The normalized spacial score (nSPS) is 11.4. The first-order valence-corrected chi connectivity index (χ1v) is 19.9. The lowest BCUT2D eigenvalue weighted by atomic mass is 9.96. The van der Waals surface area contributed by atoms with Gasteiger partial charge in [0.2, 0.25) is 0 Å². The summed E-state index contributed by atoms with van der Waals surface area (Å²) in [5.41, 5.74) is 14.1. The first-order valence-electron chi connectivity index (χ1n) is 19.9. The van der Waals surface area contributed by atoms with Crippen LogP contribution in [0.2, 0.25) is 0 Å². The maximum absolute atomic E-state index is 2.46. The van der Waals surface area contributed by atoms with Crippen LogP contribution in [-0.2, 0) is 0 Å². The lowest BCUT2D eigenvalue weighted by molar-refractivity contribution is 1.20. The average Bonchev–Trinajstić information content (AvgIpc) is 3.65. The van der Waals surface area contributed by atoms with Gasteiger partial charge in [0.05, 0.1) is 22.4 Å². The summed E-state index contributed by atoms with van der Waals surface area (Å²) in [4.78, 5) is 2.38. The minimum absolute atomic E-state index is 1.10. The molecule has 58 heavy (non-hydrogen) atoms. The second-order valence-corrected chi connectivity index (χ2v) is 14.9. The van der Waals surface area contributed by atoms with Crippen LogP contribution in [0.25, 0.3) is 82.4 Å². The van der Waals surface area contributed by atoms with Crippen LogP contribution in [0.3, 0.4) is 0 Å². The Morgan fingerprint density at radius 2 is 0.828 bits per heavy atom. The van der Waals surface area contributed by atoms with Gasteiger partial charge in [-0.1, -0.05) is 182 Å². The number of benzene rings is 10. The average molecular weight is 739 g/mol. The Labute approximate surface area is 338 Å². The van der Waals surface area contributed by atoms with Crippen molar-refractivity contribution in [1.82, 2.24) is 4.57 Å². The molecular weight excluding hydrogens is 701 g/mol. The number of fused-ring (bicyclic) bond motifs is 6. The topological polar surface area (TPSA) is 8.17 Å². The Balaban J connectivity index is 1.04. The zero-order valence-electron chi connectivity index (χ0n) is 31.8. The van der Waals surface area contributed by atoms with E-state index in [1.54, 1.807) is 0 Å². The van der Waals surface area contributed by atoms with Gasteiger partial charge in [-0.15, -0.1) is 0 Å². The Kier molecular flexibility index (Phi) is 8.19. The van der Waals surface area contributed by atoms with Gasteiger partial charge in [-0.25, -0.2) is 0 Å². The highest BCUT2D eigenvalue weighted by Crippen LogP contribution is 2.44. The van der Waals surface area contributed by atoms with E-state index >= 15 is 0 Å². The molecule has 0 fully saturated rings. The largest absolute Gasteiger partial charge is 0.310 e. The second-order valence-electron chi connectivity index (χ2n) is 14.9. The molecule has 11 aromatic rings. The van der Waals surface area contributed by atoms with Gasteiger partial charge in [0.1, 0.15) is 0 Å². The number of aromatic nitrogens is 1. The third-order valence-electron chi connectivity index (χ3n) is 11.6. The lowest BCUT2D eigenvalue weighted by Gasteiger charge is -2.28. The molecule has 0 amide bonds. The third-order valence-corrected chi connectivity index (χ3v) is 11.6. The van der Waals surface area contributed by atoms with Crippen LogP contribution in [0.1, 0.15) is 0 Å². The molecule has 0 aliphatic rings. The molecule has 1 heterocycles. The zero-order chi connectivity index (χ0) is 38.4. The highest BCUT2D eigenvalue weighted by molar-refractivity contribution is 6.22. The third kappa shape index (κ3) is 5.66. The van der Waals surface area contributed by atoms with Crippen molar-refractivity contribution in [3.05, 3.63) is 231 Å². The van der Waals surface area contributed by atoms with Crippen LogP contribution in [0.15, 0.2) is 231 Å². The van der Waals surface area contributed by atoms with Gasteiger partial charge in [0.25, 0.3) is 0 Å². The van der Waals surface area contributed by atoms with Gasteiger partial charge in [-0.05, 0) is 92.5 Å². The number of nitrogens with zero attached hydrogens (tertiary/aromatic N) is 2. The molecule has 0 unspecified atom stereocenters. The fourth-order valence-corrected chi connectivity index (χ4v) is 8.91. The minimum atomic E-state index is 1.10. The highest BCUT2D eigenvalue weighted by atomic mass is 15.1. The fraction of sp³-hybridized carbons (Fsp3) is 0. The first kappa shape index (κ1) is 33.6. The smallest absolute Gasteiger partial charge is 0.0547 e. The molecule has 11 rings (SSSR count). The summed E-state index contributed by atoms with van der Waals surface area (Å²) in [6.07, 6.45) is 0. The van der Waals surface area contributed by atoms with E-state index in [0.717, 1.165) is 17.1 Å². The van der Waals surface area contributed by atoms with Crippen molar-refractivity contribution in [3.8, 4) is 39.1 Å². The second kappa shape index (κ2) is 14.1. The van der Waals surface area contributed by atoms with Crippen molar-refractivity contribution in [1.29, 1.82) is 0 Å². The van der Waals surface area contributed by atoms with Crippen LogP contribution in [0.4, 0.5) is 17.1 Å². The van der Waals surface area contributed by atoms with Crippen molar-refractivity contribution in [2.45, 2.75) is 0 Å². The van der Waals surface area contributed by atoms with Crippen LogP contribution >= 0.6 is 0 Å². The molecule has 0 bridgehead atoms. The SMILES string of the molecule is c1ccc(-c2ccc(N(c3ccc(-c4ccc(-n5c6ccccc6c6c7ccccc7ccc65)c5ccccc45)cc3)c3ccccc3-c3ccccc3)cc2)cc1. The van der Waals surface area contributed by atoms with Crippen molar-refractivity contribution < 1.29 is 0 Å². The summed E-state index contributed by atoms with van der Waals surface area (Å²) in [6.45, 7) is 0. The molecule has 0 aliphatic carbocycles. The van der Waals surface area contributed by atoms with E-state index in [9.17, 15) is 0 Å². The summed E-state index contributed by atoms with van der Waals surface area (Å²) < 4.78 is 2.46. The predicted octanol–water partition coefficient (Wildman–Crippen LogP) is 15.6. The molecule has 1 aromatic heterocycles. The van der Waals surface area contributed by atoms with Gasteiger partial charge in [0, 0.05) is 33.1 Å². The highest BCUT2D eigenvalue weighted by Gasteiger charge is 2.20.